The van der Waals surface area contributed by atoms with E-state index in [1.54, 1.807) is 24.3 Å². The summed E-state index contributed by atoms with van der Waals surface area (Å²) in [6.45, 7) is 2.01. The Balaban J connectivity index is 2.38. The number of halogens is 4. The molecule has 0 fully saturated rings. The number of unbranched alkanes of at least 4 members (excludes halogenated alkanes) is 1. The highest BCUT2D eigenvalue weighted by Crippen LogP contribution is 2.41. The molecule has 1 aromatic heterocycles. The molecule has 0 aliphatic carbocycles. The van der Waals surface area contributed by atoms with Gasteiger partial charge in [0.2, 0.25) is 5.88 Å². The highest BCUT2D eigenvalue weighted by Gasteiger charge is 2.40. The average molecular weight is 491 g/mol. The fraction of sp³-hybridized carbons (Fsp3) is 0.400. The molecule has 6 nitrogen and oxygen atoms in total. The number of esters is 1. The summed E-state index contributed by atoms with van der Waals surface area (Å²) in [5, 5.41) is 3.99. The second-order valence-corrected chi connectivity index (χ2v) is 7.00. The van der Waals surface area contributed by atoms with E-state index in [1.807, 2.05) is 6.92 Å². The SMILES string of the molecule is CCCCn1nc(OCc2ccccc2/C(=C\OC)C(=O)OC)c(C(F)(F)F)c1Br. The Morgan fingerprint density at radius 1 is 1.27 bits per heavy atom. The van der Waals surface area contributed by atoms with E-state index < -0.39 is 23.6 Å². The van der Waals surface area contributed by atoms with Gasteiger partial charge in [-0.2, -0.15) is 13.2 Å². The summed E-state index contributed by atoms with van der Waals surface area (Å²) in [6.07, 6.45) is -1.96. The first kappa shape index (κ1) is 23.8. The number of hydrogen-bond donors (Lipinski definition) is 0. The molecule has 164 valence electrons. The van der Waals surface area contributed by atoms with Crippen LogP contribution in [0.1, 0.15) is 36.5 Å². The van der Waals surface area contributed by atoms with Gasteiger partial charge in [0.1, 0.15) is 16.8 Å². The Morgan fingerprint density at radius 2 is 1.97 bits per heavy atom. The lowest BCUT2D eigenvalue weighted by Gasteiger charge is -2.13. The van der Waals surface area contributed by atoms with Crippen molar-refractivity contribution in [3.63, 3.8) is 0 Å². The van der Waals surface area contributed by atoms with Gasteiger partial charge in [-0.15, -0.1) is 5.10 Å². The second-order valence-electron chi connectivity index (χ2n) is 6.25. The van der Waals surface area contributed by atoms with E-state index in [-0.39, 0.29) is 16.8 Å². The Kier molecular flexibility index (Phi) is 8.33. The monoisotopic (exact) mass is 490 g/mol. The lowest BCUT2D eigenvalue weighted by atomic mass is 10.0. The number of rotatable bonds is 9. The maximum atomic E-state index is 13.6. The molecule has 30 heavy (non-hydrogen) atoms. The number of carbonyl (C=O) groups is 1. The first-order valence-corrected chi connectivity index (χ1v) is 9.89. The molecule has 0 bridgehead atoms. The van der Waals surface area contributed by atoms with Crippen molar-refractivity contribution in [1.82, 2.24) is 9.78 Å². The van der Waals surface area contributed by atoms with Crippen molar-refractivity contribution in [2.45, 2.75) is 39.1 Å². The van der Waals surface area contributed by atoms with Crippen LogP contribution in [0.5, 0.6) is 5.88 Å². The zero-order chi connectivity index (χ0) is 22.3. The maximum absolute atomic E-state index is 13.6. The van der Waals surface area contributed by atoms with Crippen LogP contribution in [-0.4, -0.2) is 30.0 Å². The molecule has 0 saturated carbocycles. The Bertz CT molecular complexity index is 910. The van der Waals surface area contributed by atoms with Gasteiger partial charge in [-0.1, -0.05) is 37.6 Å². The summed E-state index contributed by atoms with van der Waals surface area (Å²) >= 11 is 2.99. The summed E-state index contributed by atoms with van der Waals surface area (Å²) in [5.74, 6) is -1.18. The molecule has 0 radical (unpaired) electrons. The van der Waals surface area contributed by atoms with Gasteiger partial charge < -0.3 is 14.2 Å². The van der Waals surface area contributed by atoms with Gasteiger partial charge in [0.05, 0.1) is 20.5 Å². The molecule has 0 unspecified atom stereocenters. The summed E-state index contributed by atoms with van der Waals surface area (Å²) in [4.78, 5) is 12.1. The van der Waals surface area contributed by atoms with Gasteiger partial charge in [-0.25, -0.2) is 4.79 Å². The van der Waals surface area contributed by atoms with Crippen LogP contribution in [-0.2, 0) is 33.6 Å². The van der Waals surface area contributed by atoms with E-state index in [9.17, 15) is 18.0 Å². The van der Waals surface area contributed by atoms with Crippen molar-refractivity contribution >= 4 is 27.5 Å². The third kappa shape index (κ3) is 5.56. The number of aromatic nitrogens is 2. The average Bonchev–Trinajstić information content (AvgIpc) is 3.04. The largest absolute Gasteiger partial charge is 0.503 e. The molecule has 1 aromatic carbocycles. The molecule has 1 heterocycles. The predicted molar refractivity (Wildman–Crippen MR) is 108 cm³/mol. The summed E-state index contributed by atoms with van der Waals surface area (Å²) < 4.78 is 57.0. The van der Waals surface area contributed by atoms with Crippen molar-refractivity contribution in [2.24, 2.45) is 0 Å². The van der Waals surface area contributed by atoms with Gasteiger partial charge >= 0.3 is 12.1 Å². The minimum atomic E-state index is -4.65. The molecule has 0 N–H and O–H groups in total. The first-order chi connectivity index (χ1) is 14.2. The van der Waals surface area contributed by atoms with E-state index in [0.29, 0.717) is 24.1 Å². The summed E-state index contributed by atoms with van der Waals surface area (Å²) in [6, 6.07) is 6.63. The second kappa shape index (κ2) is 10.5. The van der Waals surface area contributed by atoms with Gasteiger partial charge in [0, 0.05) is 6.54 Å². The molecule has 0 aliphatic rings. The van der Waals surface area contributed by atoms with Crippen LogP contribution in [0.2, 0.25) is 0 Å². The first-order valence-electron chi connectivity index (χ1n) is 9.10. The molecule has 0 spiro atoms. The fourth-order valence-corrected chi connectivity index (χ4v) is 3.37. The normalized spacial score (nSPS) is 12.0. The number of benzene rings is 1. The van der Waals surface area contributed by atoms with Gasteiger partial charge in [-0.3, -0.25) is 4.68 Å². The molecule has 2 rings (SSSR count). The van der Waals surface area contributed by atoms with Crippen molar-refractivity contribution in [3.05, 3.63) is 51.8 Å². The molecular formula is C20H22BrF3N2O4. The van der Waals surface area contributed by atoms with Crippen LogP contribution in [0.15, 0.2) is 35.1 Å². The van der Waals surface area contributed by atoms with E-state index in [2.05, 4.69) is 21.0 Å². The van der Waals surface area contributed by atoms with Crippen molar-refractivity contribution in [3.8, 4) is 5.88 Å². The summed E-state index contributed by atoms with van der Waals surface area (Å²) in [7, 11) is 2.60. The molecule has 0 atom stereocenters. The van der Waals surface area contributed by atoms with Crippen LogP contribution in [0, 0.1) is 0 Å². The molecule has 0 saturated heterocycles. The Labute approximate surface area is 180 Å². The van der Waals surface area contributed by atoms with Gasteiger partial charge in [0.15, 0.2) is 5.56 Å². The zero-order valence-corrected chi connectivity index (χ0v) is 18.3. The maximum Gasteiger partial charge on any atom is 0.424 e. The summed E-state index contributed by atoms with van der Waals surface area (Å²) in [5.41, 5.74) is 0.0319. The quantitative estimate of drug-likeness (QED) is 0.274. The van der Waals surface area contributed by atoms with E-state index in [0.717, 1.165) is 6.42 Å². The van der Waals surface area contributed by atoms with Crippen LogP contribution in [0.3, 0.4) is 0 Å². The van der Waals surface area contributed by atoms with Crippen molar-refractivity contribution in [2.75, 3.05) is 14.2 Å². The number of ether oxygens (including phenoxy) is 3. The molecule has 10 heteroatoms. The molecule has 0 amide bonds. The lowest BCUT2D eigenvalue weighted by molar-refractivity contribution is -0.139. The molecule has 0 aliphatic heterocycles. The van der Waals surface area contributed by atoms with Crippen LogP contribution in [0.25, 0.3) is 5.57 Å². The molecular weight excluding hydrogens is 469 g/mol. The Morgan fingerprint density at radius 3 is 2.57 bits per heavy atom. The molecule has 2 aromatic rings. The highest BCUT2D eigenvalue weighted by atomic mass is 79.9. The van der Waals surface area contributed by atoms with Gasteiger partial charge in [0.25, 0.3) is 0 Å². The topological polar surface area (TPSA) is 62.6 Å². The van der Waals surface area contributed by atoms with E-state index in [1.165, 1.54) is 25.2 Å². The minimum Gasteiger partial charge on any atom is -0.503 e. The lowest BCUT2D eigenvalue weighted by Crippen LogP contribution is -2.10. The number of nitrogens with zero attached hydrogens (tertiary/aromatic N) is 2. The number of carbonyl (C=O) groups excluding carboxylic acids is 1. The van der Waals surface area contributed by atoms with E-state index in [4.69, 9.17) is 14.2 Å². The Hall–Kier alpha value is -2.49. The number of methoxy groups -OCH3 is 2. The third-order valence-corrected chi connectivity index (χ3v) is 4.98. The van der Waals surface area contributed by atoms with Crippen LogP contribution >= 0.6 is 15.9 Å². The standard InChI is InChI=1S/C20H22BrF3N2O4/c1-4-5-10-26-17(21)16(20(22,23)24)18(25-26)30-11-13-8-6-7-9-14(13)15(12-28-2)19(27)29-3/h6-9,12H,4-5,10-11H2,1-3H3/b15-12+. The van der Waals surface area contributed by atoms with Crippen molar-refractivity contribution < 1.29 is 32.2 Å². The highest BCUT2D eigenvalue weighted by molar-refractivity contribution is 9.10. The van der Waals surface area contributed by atoms with Crippen LogP contribution in [0.4, 0.5) is 13.2 Å². The number of aryl methyl sites for hydroxylation is 1. The number of hydrogen-bond acceptors (Lipinski definition) is 5. The predicted octanol–water partition coefficient (Wildman–Crippen LogP) is 5.20. The third-order valence-electron chi connectivity index (χ3n) is 4.18. The van der Waals surface area contributed by atoms with Crippen LogP contribution < -0.4 is 4.74 Å². The van der Waals surface area contributed by atoms with Gasteiger partial charge in [-0.05, 0) is 33.5 Å². The van der Waals surface area contributed by atoms with E-state index >= 15 is 0 Å². The van der Waals surface area contributed by atoms with Crippen molar-refractivity contribution in [1.29, 1.82) is 0 Å². The fourth-order valence-electron chi connectivity index (χ4n) is 2.72. The minimum absolute atomic E-state index is 0.116. The smallest absolute Gasteiger partial charge is 0.424 e. The number of alkyl halides is 3. The zero-order valence-electron chi connectivity index (χ0n) is 16.8.